The van der Waals surface area contributed by atoms with Gasteiger partial charge in [-0.3, -0.25) is 9.00 Å². The summed E-state index contributed by atoms with van der Waals surface area (Å²) in [5.74, 6) is -0.395. The molecule has 0 saturated heterocycles. The molecule has 0 aliphatic heterocycles. The van der Waals surface area contributed by atoms with Gasteiger partial charge in [-0.05, 0) is 18.2 Å². The van der Waals surface area contributed by atoms with Gasteiger partial charge in [-0.15, -0.1) is 0 Å². The smallest absolute Gasteiger partial charge is 0.205 e. The summed E-state index contributed by atoms with van der Waals surface area (Å²) >= 11 is 0. The van der Waals surface area contributed by atoms with Crippen LogP contribution < -0.4 is 5.43 Å². The van der Waals surface area contributed by atoms with E-state index in [-0.39, 0.29) is 10.3 Å². The maximum Gasteiger partial charge on any atom is 0.205 e. The molecule has 0 spiro atoms. The van der Waals surface area contributed by atoms with Gasteiger partial charge in [0.1, 0.15) is 10.7 Å². The molecule has 1 atom stereocenters. The molecule has 0 amide bonds. The van der Waals surface area contributed by atoms with Crippen molar-refractivity contribution in [3.05, 3.63) is 40.4 Å². The number of aromatic nitrogens is 1. The van der Waals surface area contributed by atoms with Crippen LogP contribution >= 0.6 is 0 Å². The van der Waals surface area contributed by atoms with Crippen molar-refractivity contribution < 1.29 is 8.60 Å². The zero-order chi connectivity index (χ0) is 11.9. The summed E-state index contributed by atoms with van der Waals surface area (Å²) in [5.41, 5.74) is 0.202. The average molecular weight is 239 g/mol. The van der Waals surface area contributed by atoms with Crippen molar-refractivity contribution in [3.8, 4) is 0 Å². The molecule has 2 rings (SSSR count). The molecular weight excluding hydrogens is 229 g/mol. The molecule has 1 aromatic carbocycles. The number of nitrogens with zero attached hydrogens (tertiary/aromatic N) is 1. The van der Waals surface area contributed by atoms with Gasteiger partial charge in [0.15, 0.2) is 0 Å². The Balaban J connectivity index is 2.96. The van der Waals surface area contributed by atoms with Crippen molar-refractivity contribution in [2.45, 2.75) is 4.90 Å². The first-order chi connectivity index (χ1) is 7.50. The van der Waals surface area contributed by atoms with Crippen molar-refractivity contribution in [2.75, 3.05) is 6.26 Å². The van der Waals surface area contributed by atoms with Gasteiger partial charge in [-0.25, -0.2) is 4.39 Å². The molecule has 1 heterocycles. The lowest BCUT2D eigenvalue weighted by molar-refractivity contribution is 0.628. The maximum absolute atomic E-state index is 13.0. The topological polar surface area (TPSA) is 39.1 Å². The first-order valence-corrected chi connectivity index (χ1v) is 6.19. The fraction of sp³-hybridized carbons (Fsp3) is 0.182. The molecule has 0 fully saturated rings. The Morgan fingerprint density at radius 3 is 2.69 bits per heavy atom. The molecule has 0 aliphatic carbocycles. The van der Waals surface area contributed by atoms with Crippen LogP contribution in [0.2, 0.25) is 0 Å². The number of hydrogen-bond donors (Lipinski definition) is 0. The van der Waals surface area contributed by atoms with Crippen molar-refractivity contribution in [1.29, 1.82) is 0 Å². The Labute approximate surface area is 94.0 Å². The molecule has 0 radical (unpaired) electrons. The fourth-order valence-corrected chi connectivity index (χ4v) is 2.31. The van der Waals surface area contributed by atoms with Gasteiger partial charge in [0.2, 0.25) is 5.43 Å². The summed E-state index contributed by atoms with van der Waals surface area (Å²) in [7, 11) is 0.353. The predicted molar refractivity (Wildman–Crippen MR) is 61.5 cm³/mol. The zero-order valence-electron chi connectivity index (χ0n) is 8.86. The molecule has 0 saturated carbocycles. The van der Waals surface area contributed by atoms with Crippen LogP contribution in [0.4, 0.5) is 4.39 Å². The average Bonchev–Trinajstić information content (AvgIpc) is 2.22. The molecule has 0 bridgehead atoms. The highest BCUT2D eigenvalue weighted by atomic mass is 32.2. The summed E-state index contributed by atoms with van der Waals surface area (Å²) in [4.78, 5) is 12.1. The number of hydrogen-bond acceptors (Lipinski definition) is 2. The number of fused-ring (bicyclic) bond motifs is 1. The Bertz CT molecular complexity index is 648. The molecule has 0 unspecified atom stereocenters. The van der Waals surface area contributed by atoms with Crippen molar-refractivity contribution in [2.24, 2.45) is 7.05 Å². The summed E-state index contributed by atoms with van der Waals surface area (Å²) in [6, 6.07) is 3.94. The van der Waals surface area contributed by atoms with Gasteiger partial charge in [0.25, 0.3) is 0 Å². The minimum Gasteiger partial charge on any atom is -0.349 e. The molecule has 0 N–H and O–H groups in total. The number of aryl methyl sites for hydroxylation is 1. The molecular formula is C11H10FNO2S. The molecule has 16 heavy (non-hydrogen) atoms. The van der Waals surface area contributed by atoms with Gasteiger partial charge in [-0.1, -0.05) is 0 Å². The minimum absolute atomic E-state index is 0.238. The predicted octanol–water partition coefficient (Wildman–Crippen LogP) is 1.42. The van der Waals surface area contributed by atoms with Gasteiger partial charge in [0.05, 0.1) is 16.3 Å². The summed E-state index contributed by atoms with van der Waals surface area (Å²) in [6.45, 7) is 0. The van der Waals surface area contributed by atoms with E-state index in [4.69, 9.17) is 0 Å². The standard InChI is InChI=1S/C11H10FNO2S/c1-13-6-10(16(2)15)11(14)8-4-3-7(12)5-9(8)13/h3-6H,1-2H3/t16-/m1/s1. The van der Waals surface area contributed by atoms with Crippen molar-refractivity contribution in [1.82, 2.24) is 4.57 Å². The zero-order valence-corrected chi connectivity index (χ0v) is 9.68. The first kappa shape index (κ1) is 11.0. The summed E-state index contributed by atoms with van der Waals surface area (Å²) in [5, 5.41) is 0.386. The van der Waals surface area contributed by atoms with Crippen LogP contribution in [-0.4, -0.2) is 15.0 Å². The van der Waals surface area contributed by atoms with E-state index in [1.54, 1.807) is 11.6 Å². The SMILES string of the molecule is Cn1cc([S@@](C)=O)c(=O)c2ccc(F)cc21. The Kier molecular flexibility index (Phi) is 2.63. The highest BCUT2D eigenvalue weighted by molar-refractivity contribution is 7.84. The van der Waals surface area contributed by atoms with Crippen LogP contribution in [-0.2, 0) is 17.8 Å². The third kappa shape index (κ3) is 1.67. The molecule has 84 valence electrons. The Morgan fingerprint density at radius 1 is 1.38 bits per heavy atom. The first-order valence-electron chi connectivity index (χ1n) is 4.63. The number of pyridine rings is 1. The summed E-state index contributed by atoms with van der Waals surface area (Å²) in [6.07, 6.45) is 2.94. The van der Waals surface area contributed by atoms with E-state index in [0.717, 1.165) is 0 Å². The molecule has 3 nitrogen and oxygen atoms in total. The largest absolute Gasteiger partial charge is 0.349 e. The maximum atomic E-state index is 13.0. The quantitative estimate of drug-likeness (QED) is 0.755. The van der Waals surface area contributed by atoms with E-state index in [1.165, 1.54) is 30.7 Å². The molecule has 1 aromatic heterocycles. The van der Waals surface area contributed by atoms with Crippen molar-refractivity contribution >= 4 is 21.7 Å². The van der Waals surface area contributed by atoms with Crippen LogP contribution in [0.25, 0.3) is 10.9 Å². The molecule has 0 aliphatic rings. The van der Waals surface area contributed by atoms with Crippen molar-refractivity contribution in [3.63, 3.8) is 0 Å². The van der Waals surface area contributed by atoms with E-state index in [0.29, 0.717) is 10.9 Å². The van der Waals surface area contributed by atoms with Crippen LogP contribution in [0, 0.1) is 5.82 Å². The van der Waals surface area contributed by atoms with E-state index in [1.807, 2.05) is 0 Å². The lowest BCUT2D eigenvalue weighted by Gasteiger charge is -2.07. The lowest BCUT2D eigenvalue weighted by Crippen LogP contribution is -2.14. The normalized spacial score (nSPS) is 12.9. The second kappa shape index (κ2) is 3.83. The van der Waals surface area contributed by atoms with Crippen LogP contribution in [0.15, 0.2) is 34.1 Å². The van der Waals surface area contributed by atoms with E-state index < -0.39 is 16.6 Å². The van der Waals surface area contributed by atoms with Crippen LogP contribution in [0.3, 0.4) is 0 Å². The van der Waals surface area contributed by atoms with Gasteiger partial charge in [0, 0.05) is 24.9 Å². The van der Waals surface area contributed by atoms with E-state index >= 15 is 0 Å². The van der Waals surface area contributed by atoms with Gasteiger partial charge < -0.3 is 4.57 Å². The van der Waals surface area contributed by atoms with E-state index in [9.17, 15) is 13.4 Å². The highest BCUT2D eigenvalue weighted by Gasteiger charge is 2.10. The fourth-order valence-electron chi connectivity index (χ4n) is 1.63. The number of halogens is 1. The minimum atomic E-state index is -1.34. The van der Waals surface area contributed by atoms with E-state index in [2.05, 4.69) is 0 Å². The highest BCUT2D eigenvalue weighted by Crippen LogP contribution is 2.13. The second-order valence-corrected chi connectivity index (χ2v) is 4.90. The monoisotopic (exact) mass is 239 g/mol. The Morgan fingerprint density at radius 2 is 2.06 bits per heavy atom. The molecule has 2 aromatic rings. The second-order valence-electron chi connectivity index (χ2n) is 3.55. The van der Waals surface area contributed by atoms with Crippen LogP contribution in [0.1, 0.15) is 0 Å². The number of rotatable bonds is 1. The van der Waals surface area contributed by atoms with Crippen LogP contribution in [0.5, 0.6) is 0 Å². The third-order valence-corrected chi connectivity index (χ3v) is 3.34. The van der Waals surface area contributed by atoms with Gasteiger partial charge in [-0.2, -0.15) is 0 Å². The summed E-state index contributed by atoms with van der Waals surface area (Å²) < 4.78 is 26.0. The molecule has 5 heteroatoms. The number of benzene rings is 1. The Hall–Kier alpha value is -1.49. The lowest BCUT2D eigenvalue weighted by atomic mass is 10.2. The third-order valence-electron chi connectivity index (χ3n) is 2.43. The van der Waals surface area contributed by atoms with Gasteiger partial charge >= 0.3 is 0 Å².